The molecule has 0 aromatic carbocycles. The van der Waals surface area contributed by atoms with Gasteiger partial charge < -0.3 is 0 Å². The summed E-state index contributed by atoms with van der Waals surface area (Å²) in [5.74, 6) is 0.586. The Kier molecular flexibility index (Phi) is 2.56. The summed E-state index contributed by atoms with van der Waals surface area (Å²) in [6.07, 6.45) is 5.61. The predicted molar refractivity (Wildman–Crippen MR) is 49.5 cm³/mol. The van der Waals surface area contributed by atoms with Crippen molar-refractivity contribution < 1.29 is 4.79 Å². The van der Waals surface area contributed by atoms with Crippen LogP contribution in [-0.2, 0) is 4.79 Å². The first-order chi connectivity index (χ1) is 6.77. The molecular formula is C9H14N4O. The van der Waals surface area contributed by atoms with E-state index in [0.29, 0.717) is 11.8 Å². The van der Waals surface area contributed by atoms with Crippen molar-refractivity contribution in [2.24, 2.45) is 5.92 Å². The van der Waals surface area contributed by atoms with Crippen molar-refractivity contribution in [2.45, 2.75) is 38.6 Å². The zero-order chi connectivity index (χ0) is 9.97. The Labute approximate surface area is 82.5 Å². The van der Waals surface area contributed by atoms with Crippen LogP contribution in [0.3, 0.4) is 0 Å². The first-order valence-electron chi connectivity index (χ1n) is 5.00. The molecule has 0 unspecified atom stereocenters. The molecule has 0 N–H and O–H groups in total. The second-order valence-electron chi connectivity index (χ2n) is 3.91. The van der Waals surface area contributed by atoms with E-state index in [1.807, 2.05) is 0 Å². The number of Topliss-reactive ketones (excluding diaryl/α,β-unsaturated/α-hetero) is 1. The van der Waals surface area contributed by atoms with Crippen molar-refractivity contribution in [3.05, 3.63) is 6.33 Å². The summed E-state index contributed by atoms with van der Waals surface area (Å²) in [6, 6.07) is 0.389. The third kappa shape index (κ3) is 1.81. The SMILES string of the molecule is CC(=O)C1CCC(n2cnnn2)CC1. The summed E-state index contributed by atoms with van der Waals surface area (Å²) >= 11 is 0. The van der Waals surface area contributed by atoms with Gasteiger partial charge in [0.1, 0.15) is 12.1 Å². The summed E-state index contributed by atoms with van der Waals surface area (Å²) in [7, 11) is 0. The molecule has 0 radical (unpaired) electrons. The molecule has 1 fully saturated rings. The first kappa shape index (κ1) is 9.30. The van der Waals surface area contributed by atoms with E-state index in [2.05, 4.69) is 15.5 Å². The van der Waals surface area contributed by atoms with Crippen molar-refractivity contribution >= 4 is 5.78 Å². The van der Waals surface area contributed by atoms with Gasteiger partial charge in [-0.1, -0.05) is 0 Å². The van der Waals surface area contributed by atoms with Gasteiger partial charge in [0.15, 0.2) is 0 Å². The maximum absolute atomic E-state index is 11.1. The number of hydrogen-bond donors (Lipinski definition) is 0. The minimum Gasteiger partial charge on any atom is -0.300 e. The van der Waals surface area contributed by atoms with Crippen molar-refractivity contribution in [1.82, 2.24) is 20.2 Å². The van der Waals surface area contributed by atoms with E-state index in [4.69, 9.17) is 0 Å². The van der Waals surface area contributed by atoms with Crippen LogP contribution in [0.4, 0.5) is 0 Å². The second-order valence-corrected chi connectivity index (χ2v) is 3.91. The number of aromatic nitrogens is 4. The number of tetrazole rings is 1. The summed E-state index contributed by atoms with van der Waals surface area (Å²) in [6.45, 7) is 1.68. The summed E-state index contributed by atoms with van der Waals surface area (Å²) in [5, 5.41) is 11.1. The van der Waals surface area contributed by atoms with Gasteiger partial charge >= 0.3 is 0 Å². The van der Waals surface area contributed by atoms with Gasteiger partial charge in [-0.05, 0) is 43.0 Å². The summed E-state index contributed by atoms with van der Waals surface area (Å²) < 4.78 is 1.80. The van der Waals surface area contributed by atoms with Crippen LogP contribution < -0.4 is 0 Å². The number of carbonyl (C=O) groups excluding carboxylic acids is 1. The van der Waals surface area contributed by atoms with Crippen LogP contribution in [-0.4, -0.2) is 26.0 Å². The lowest BCUT2D eigenvalue weighted by molar-refractivity contribution is -0.121. The Hall–Kier alpha value is -1.26. The Morgan fingerprint density at radius 3 is 2.57 bits per heavy atom. The van der Waals surface area contributed by atoms with Crippen LogP contribution in [0.25, 0.3) is 0 Å². The van der Waals surface area contributed by atoms with E-state index in [1.165, 1.54) is 0 Å². The lowest BCUT2D eigenvalue weighted by Crippen LogP contribution is -2.22. The third-order valence-corrected chi connectivity index (χ3v) is 3.01. The Bertz CT molecular complexity index is 301. The van der Waals surface area contributed by atoms with Gasteiger partial charge in [-0.25, -0.2) is 4.68 Å². The van der Waals surface area contributed by atoms with Crippen molar-refractivity contribution in [1.29, 1.82) is 0 Å². The monoisotopic (exact) mass is 194 g/mol. The lowest BCUT2D eigenvalue weighted by atomic mass is 9.84. The molecule has 76 valence electrons. The number of hydrogen-bond acceptors (Lipinski definition) is 4. The van der Waals surface area contributed by atoms with Gasteiger partial charge in [0, 0.05) is 5.92 Å². The highest BCUT2D eigenvalue weighted by Gasteiger charge is 2.25. The molecule has 1 heterocycles. The summed E-state index contributed by atoms with van der Waals surface area (Å²) in [4.78, 5) is 11.1. The third-order valence-electron chi connectivity index (χ3n) is 3.01. The lowest BCUT2D eigenvalue weighted by Gasteiger charge is -2.26. The first-order valence-corrected chi connectivity index (χ1v) is 5.00. The molecule has 0 amide bonds. The van der Waals surface area contributed by atoms with Gasteiger partial charge in [-0.3, -0.25) is 4.79 Å². The number of ketones is 1. The highest BCUT2D eigenvalue weighted by molar-refractivity contribution is 5.78. The average molecular weight is 194 g/mol. The molecule has 0 saturated heterocycles. The molecule has 1 aliphatic rings. The van der Waals surface area contributed by atoms with Gasteiger partial charge in [0.05, 0.1) is 6.04 Å². The maximum Gasteiger partial charge on any atom is 0.138 e. The predicted octanol–water partition coefficient (Wildman–Crippen LogP) is 0.993. The molecular weight excluding hydrogens is 180 g/mol. The van der Waals surface area contributed by atoms with Gasteiger partial charge in [-0.15, -0.1) is 5.10 Å². The maximum atomic E-state index is 11.1. The molecule has 5 nitrogen and oxygen atoms in total. The van der Waals surface area contributed by atoms with Crippen LogP contribution in [0, 0.1) is 5.92 Å². The topological polar surface area (TPSA) is 60.7 Å². The molecule has 5 heteroatoms. The van der Waals surface area contributed by atoms with Crippen molar-refractivity contribution in [3.8, 4) is 0 Å². The molecule has 0 bridgehead atoms. The fraction of sp³-hybridized carbons (Fsp3) is 0.778. The van der Waals surface area contributed by atoms with Crippen LogP contribution in [0.1, 0.15) is 38.6 Å². The summed E-state index contributed by atoms with van der Waals surface area (Å²) in [5.41, 5.74) is 0. The molecule has 0 aliphatic heterocycles. The molecule has 1 saturated carbocycles. The Balaban J connectivity index is 1.93. The highest BCUT2D eigenvalue weighted by Crippen LogP contribution is 2.31. The standard InChI is InChI=1S/C9H14N4O/c1-7(14)8-2-4-9(5-3-8)13-6-10-11-12-13/h6,8-9H,2-5H2,1H3. The quantitative estimate of drug-likeness (QED) is 0.704. The zero-order valence-corrected chi connectivity index (χ0v) is 8.26. The molecule has 14 heavy (non-hydrogen) atoms. The fourth-order valence-corrected chi connectivity index (χ4v) is 2.08. The molecule has 1 aliphatic carbocycles. The van der Waals surface area contributed by atoms with E-state index in [1.54, 1.807) is 17.9 Å². The number of carbonyl (C=O) groups is 1. The van der Waals surface area contributed by atoms with E-state index in [9.17, 15) is 4.79 Å². The van der Waals surface area contributed by atoms with Crippen LogP contribution in [0.2, 0.25) is 0 Å². The average Bonchev–Trinajstić information content (AvgIpc) is 2.71. The van der Waals surface area contributed by atoms with Crippen molar-refractivity contribution in [2.75, 3.05) is 0 Å². The van der Waals surface area contributed by atoms with E-state index >= 15 is 0 Å². The van der Waals surface area contributed by atoms with Crippen LogP contribution in [0.5, 0.6) is 0 Å². The largest absolute Gasteiger partial charge is 0.300 e. The molecule has 0 atom stereocenters. The minimum absolute atomic E-state index is 0.266. The molecule has 1 aromatic rings. The van der Waals surface area contributed by atoms with E-state index in [0.717, 1.165) is 25.7 Å². The van der Waals surface area contributed by atoms with Gasteiger partial charge in [0.2, 0.25) is 0 Å². The van der Waals surface area contributed by atoms with Crippen molar-refractivity contribution in [3.63, 3.8) is 0 Å². The second kappa shape index (κ2) is 3.86. The number of nitrogens with zero attached hydrogens (tertiary/aromatic N) is 4. The van der Waals surface area contributed by atoms with Crippen LogP contribution in [0.15, 0.2) is 6.33 Å². The van der Waals surface area contributed by atoms with E-state index < -0.39 is 0 Å². The Morgan fingerprint density at radius 1 is 1.36 bits per heavy atom. The normalized spacial score (nSPS) is 27.5. The number of rotatable bonds is 2. The molecule has 0 spiro atoms. The van der Waals surface area contributed by atoms with Crippen LogP contribution >= 0.6 is 0 Å². The van der Waals surface area contributed by atoms with E-state index in [-0.39, 0.29) is 5.92 Å². The zero-order valence-electron chi connectivity index (χ0n) is 8.26. The van der Waals surface area contributed by atoms with Gasteiger partial charge in [0.25, 0.3) is 0 Å². The molecule has 2 rings (SSSR count). The fourth-order valence-electron chi connectivity index (χ4n) is 2.08. The smallest absolute Gasteiger partial charge is 0.138 e. The highest BCUT2D eigenvalue weighted by atomic mass is 16.1. The molecule has 1 aromatic heterocycles. The minimum atomic E-state index is 0.266. The van der Waals surface area contributed by atoms with Gasteiger partial charge in [-0.2, -0.15) is 0 Å². The Morgan fingerprint density at radius 2 is 2.07 bits per heavy atom.